The van der Waals surface area contributed by atoms with E-state index in [1.807, 2.05) is 11.8 Å². The van der Waals surface area contributed by atoms with Crippen molar-refractivity contribution in [1.29, 1.82) is 0 Å². The van der Waals surface area contributed by atoms with E-state index in [9.17, 15) is 9.90 Å². The average Bonchev–Trinajstić information content (AvgIpc) is 2.59. The summed E-state index contributed by atoms with van der Waals surface area (Å²) in [5.41, 5.74) is 5.83. The molecule has 6 nitrogen and oxygen atoms in total. The first-order valence-corrected chi connectivity index (χ1v) is 6.74. The first-order valence-electron chi connectivity index (χ1n) is 6.74. The lowest BCUT2D eigenvalue weighted by atomic mass is 9.98. The Morgan fingerprint density at radius 2 is 2.25 bits per heavy atom. The van der Waals surface area contributed by atoms with E-state index in [1.54, 1.807) is 6.07 Å². The number of nitrogens with zero attached hydrogens (tertiary/aromatic N) is 2. The Hall–Kier alpha value is -1.82. The molecule has 0 amide bonds. The highest BCUT2D eigenvalue weighted by atomic mass is 16.5. The molecule has 1 aliphatic heterocycles. The summed E-state index contributed by atoms with van der Waals surface area (Å²) < 4.78 is 4.78. The van der Waals surface area contributed by atoms with Gasteiger partial charge in [0.05, 0.1) is 24.6 Å². The van der Waals surface area contributed by atoms with Crippen molar-refractivity contribution >= 4 is 17.5 Å². The van der Waals surface area contributed by atoms with Gasteiger partial charge in [0.15, 0.2) is 0 Å². The second-order valence-corrected chi connectivity index (χ2v) is 5.47. The van der Waals surface area contributed by atoms with Crippen molar-refractivity contribution in [1.82, 2.24) is 4.98 Å². The van der Waals surface area contributed by atoms with Crippen LogP contribution in [0.15, 0.2) is 12.3 Å². The predicted octanol–water partition coefficient (Wildman–Crippen LogP) is 1.19. The van der Waals surface area contributed by atoms with Crippen LogP contribution in [0.1, 0.15) is 36.5 Å². The van der Waals surface area contributed by atoms with E-state index in [0.29, 0.717) is 30.0 Å². The normalized spacial score (nSPS) is 23.2. The highest BCUT2D eigenvalue weighted by Crippen LogP contribution is 2.27. The van der Waals surface area contributed by atoms with Gasteiger partial charge in [0.1, 0.15) is 11.4 Å². The third-order valence-electron chi connectivity index (χ3n) is 3.66. The molecule has 0 aromatic carbocycles. The van der Waals surface area contributed by atoms with Crippen molar-refractivity contribution in [2.75, 3.05) is 30.8 Å². The molecule has 3 N–H and O–H groups in total. The molecule has 20 heavy (non-hydrogen) atoms. The van der Waals surface area contributed by atoms with E-state index in [1.165, 1.54) is 13.3 Å². The van der Waals surface area contributed by atoms with E-state index in [-0.39, 0.29) is 0 Å². The summed E-state index contributed by atoms with van der Waals surface area (Å²) in [5.74, 6) is 0.125. The Morgan fingerprint density at radius 3 is 2.95 bits per heavy atom. The largest absolute Gasteiger partial charge is 0.465 e. The Bertz CT molecular complexity index is 502. The lowest BCUT2D eigenvalue weighted by Gasteiger charge is -2.24. The van der Waals surface area contributed by atoms with Crippen molar-refractivity contribution in [2.24, 2.45) is 0 Å². The fourth-order valence-corrected chi connectivity index (χ4v) is 2.46. The number of rotatable bonds is 2. The van der Waals surface area contributed by atoms with Gasteiger partial charge < -0.3 is 20.5 Å². The van der Waals surface area contributed by atoms with Crippen LogP contribution in [-0.4, -0.2) is 41.9 Å². The number of hydrogen-bond acceptors (Lipinski definition) is 6. The highest BCUT2D eigenvalue weighted by Gasteiger charge is 2.27. The Kier molecular flexibility index (Phi) is 4.13. The molecule has 2 heterocycles. The maximum atomic E-state index is 11.8. The zero-order valence-corrected chi connectivity index (χ0v) is 11.9. The maximum absolute atomic E-state index is 11.8. The molecule has 0 bridgehead atoms. The molecular weight excluding hydrogens is 258 g/mol. The van der Waals surface area contributed by atoms with Crippen molar-refractivity contribution in [3.05, 3.63) is 17.8 Å². The Balaban J connectivity index is 2.30. The van der Waals surface area contributed by atoms with Crippen molar-refractivity contribution in [2.45, 2.75) is 31.8 Å². The van der Waals surface area contributed by atoms with Gasteiger partial charge >= 0.3 is 5.97 Å². The Morgan fingerprint density at radius 1 is 1.50 bits per heavy atom. The summed E-state index contributed by atoms with van der Waals surface area (Å²) in [4.78, 5) is 18.1. The summed E-state index contributed by atoms with van der Waals surface area (Å²) >= 11 is 0. The van der Waals surface area contributed by atoms with Gasteiger partial charge in [-0.25, -0.2) is 9.78 Å². The number of aliphatic hydroxyl groups is 1. The summed E-state index contributed by atoms with van der Waals surface area (Å²) in [6, 6.07) is 1.58. The lowest BCUT2D eigenvalue weighted by Crippen LogP contribution is -2.30. The number of carbonyl (C=O) groups excluding carboxylic acids is 1. The third-order valence-corrected chi connectivity index (χ3v) is 3.66. The number of hydrogen-bond donors (Lipinski definition) is 2. The summed E-state index contributed by atoms with van der Waals surface area (Å²) in [6.45, 7) is 3.24. The van der Waals surface area contributed by atoms with E-state index < -0.39 is 11.6 Å². The molecule has 0 radical (unpaired) electrons. The molecule has 0 aliphatic carbocycles. The molecule has 2 rings (SSSR count). The molecule has 0 saturated carbocycles. The van der Waals surface area contributed by atoms with Gasteiger partial charge in [0.2, 0.25) is 0 Å². The molecule has 0 spiro atoms. The SMILES string of the molecule is COC(=O)c1cc(N)cnc1N1CCCC(C)(O)CC1. The molecule has 1 aromatic rings. The van der Waals surface area contributed by atoms with Gasteiger partial charge in [0, 0.05) is 13.1 Å². The number of carbonyl (C=O) groups is 1. The number of ether oxygens (including phenoxy) is 1. The van der Waals surface area contributed by atoms with E-state index in [2.05, 4.69) is 4.98 Å². The minimum Gasteiger partial charge on any atom is -0.465 e. The number of nitrogens with two attached hydrogens (primary N) is 1. The monoisotopic (exact) mass is 279 g/mol. The number of esters is 1. The number of methoxy groups -OCH3 is 1. The molecule has 1 fully saturated rings. The minimum atomic E-state index is -0.659. The van der Waals surface area contributed by atoms with Crippen LogP contribution < -0.4 is 10.6 Å². The predicted molar refractivity (Wildman–Crippen MR) is 76.7 cm³/mol. The molecule has 1 aromatic heterocycles. The van der Waals surface area contributed by atoms with Crippen LogP contribution >= 0.6 is 0 Å². The molecule has 6 heteroatoms. The summed E-state index contributed by atoms with van der Waals surface area (Å²) in [7, 11) is 1.34. The van der Waals surface area contributed by atoms with Crippen LogP contribution in [0.5, 0.6) is 0 Å². The fourth-order valence-electron chi connectivity index (χ4n) is 2.46. The van der Waals surface area contributed by atoms with Crippen LogP contribution in [0.25, 0.3) is 0 Å². The number of aromatic nitrogens is 1. The van der Waals surface area contributed by atoms with Gasteiger partial charge in [-0.2, -0.15) is 0 Å². The number of nitrogen functional groups attached to an aromatic ring is 1. The standard InChI is InChI=1S/C14H21N3O3/c1-14(19)4-3-6-17(7-5-14)12-11(13(18)20-2)8-10(15)9-16-12/h8-9,19H,3-7,15H2,1-2H3. The molecule has 1 atom stereocenters. The average molecular weight is 279 g/mol. The van der Waals surface area contributed by atoms with E-state index in [4.69, 9.17) is 10.5 Å². The first kappa shape index (κ1) is 14.6. The van der Waals surface area contributed by atoms with Crippen LogP contribution in [-0.2, 0) is 4.74 Å². The van der Waals surface area contributed by atoms with Crippen molar-refractivity contribution in [3.63, 3.8) is 0 Å². The minimum absolute atomic E-state index is 0.369. The molecule has 1 saturated heterocycles. The van der Waals surface area contributed by atoms with E-state index in [0.717, 1.165) is 19.4 Å². The second-order valence-electron chi connectivity index (χ2n) is 5.47. The lowest BCUT2D eigenvalue weighted by molar-refractivity contribution is 0.0481. The fraction of sp³-hybridized carbons (Fsp3) is 0.571. The van der Waals surface area contributed by atoms with Crippen LogP contribution in [0.2, 0.25) is 0 Å². The van der Waals surface area contributed by atoms with Crippen molar-refractivity contribution in [3.8, 4) is 0 Å². The topological polar surface area (TPSA) is 88.7 Å². The molecule has 110 valence electrons. The second kappa shape index (κ2) is 5.66. The van der Waals surface area contributed by atoms with Crippen LogP contribution in [0, 0.1) is 0 Å². The van der Waals surface area contributed by atoms with E-state index >= 15 is 0 Å². The quantitative estimate of drug-likeness (QED) is 0.791. The molecular formula is C14H21N3O3. The number of pyridine rings is 1. The van der Waals surface area contributed by atoms with Crippen molar-refractivity contribution < 1.29 is 14.6 Å². The highest BCUT2D eigenvalue weighted by molar-refractivity contribution is 5.95. The third kappa shape index (κ3) is 3.19. The van der Waals surface area contributed by atoms with Crippen LogP contribution in [0.3, 0.4) is 0 Å². The number of anilines is 2. The molecule has 1 aliphatic rings. The van der Waals surface area contributed by atoms with Gasteiger partial charge in [-0.1, -0.05) is 0 Å². The van der Waals surface area contributed by atoms with Gasteiger partial charge in [-0.05, 0) is 32.3 Å². The van der Waals surface area contributed by atoms with Gasteiger partial charge in [0.25, 0.3) is 0 Å². The zero-order chi connectivity index (χ0) is 14.8. The van der Waals surface area contributed by atoms with Gasteiger partial charge in [-0.3, -0.25) is 0 Å². The van der Waals surface area contributed by atoms with Crippen LogP contribution in [0.4, 0.5) is 11.5 Å². The first-order chi connectivity index (χ1) is 9.43. The maximum Gasteiger partial charge on any atom is 0.341 e. The summed E-state index contributed by atoms with van der Waals surface area (Å²) in [6.07, 6.45) is 3.76. The zero-order valence-electron chi connectivity index (χ0n) is 11.9. The summed E-state index contributed by atoms with van der Waals surface area (Å²) in [5, 5.41) is 10.1. The smallest absolute Gasteiger partial charge is 0.341 e. The van der Waals surface area contributed by atoms with Gasteiger partial charge in [-0.15, -0.1) is 0 Å². The Labute approximate surface area is 118 Å². The molecule has 1 unspecified atom stereocenters.